The number of hydrogen-bond donors (Lipinski definition) is 1. The summed E-state index contributed by atoms with van der Waals surface area (Å²) in [4.78, 5) is 0. The summed E-state index contributed by atoms with van der Waals surface area (Å²) >= 11 is 0. The number of aryl methyl sites for hydroxylation is 1. The number of aliphatic hydroxyl groups is 1. The van der Waals surface area contributed by atoms with E-state index in [4.69, 9.17) is 5.11 Å². The molecule has 2 aromatic rings. The molecule has 0 saturated carbocycles. The van der Waals surface area contributed by atoms with Crippen molar-refractivity contribution in [2.24, 2.45) is 0 Å². The summed E-state index contributed by atoms with van der Waals surface area (Å²) in [6.45, 7) is 6.33. The number of fused-ring (bicyclic) bond motifs is 1. The molecule has 0 spiro atoms. The molecule has 0 bridgehead atoms. The first-order chi connectivity index (χ1) is 7.83. The van der Waals surface area contributed by atoms with Crippen LogP contribution in [-0.2, 0) is 6.42 Å². The zero-order valence-corrected chi connectivity index (χ0v) is 10.3. The first kappa shape index (κ1) is 12.7. The average molecular weight is 216 g/mol. The van der Waals surface area contributed by atoms with Gasteiger partial charge in [-0.05, 0) is 35.2 Å². The second-order valence-electron chi connectivity index (χ2n) is 3.56. The zero-order valence-electron chi connectivity index (χ0n) is 10.3. The molecule has 0 unspecified atom stereocenters. The molecule has 0 fully saturated rings. The van der Waals surface area contributed by atoms with Crippen LogP contribution in [0.3, 0.4) is 0 Å². The molecule has 2 rings (SSSR count). The van der Waals surface area contributed by atoms with Crippen LogP contribution >= 0.6 is 0 Å². The van der Waals surface area contributed by atoms with E-state index in [9.17, 15) is 0 Å². The molecule has 2 aromatic carbocycles. The minimum Gasteiger partial charge on any atom is -0.396 e. The van der Waals surface area contributed by atoms with E-state index >= 15 is 0 Å². The Morgan fingerprint density at radius 2 is 1.62 bits per heavy atom. The van der Waals surface area contributed by atoms with Crippen LogP contribution in [0.1, 0.15) is 25.0 Å². The molecule has 0 aromatic heterocycles. The average Bonchev–Trinajstić information content (AvgIpc) is 2.32. The summed E-state index contributed by atoms with van der Waals surface area (Å²) in [6, 6.07) is 12.5. The summed E-state index contributed by atoms with van der Waals surface area (Å²) < 4.78 is 0. The minimum atomic E-state index is 0.216. The highest BCUT2D eigenvalue weighted by molar-refractivity contribution is 5.88. The molecule has 1 nitrogen and oxygen atoms in total. The number of benzene rings is 2. The Hall–Kier alpha value is -1.34. The predicted molar refractivity (Wildman–Crippen MR) is 70.8 cm³/mol. The van der Waals surface area contributed by atoms with Gasteiger partial charge in [0, 0.05) is 6.61 Å². The Bertz CT molecular complexity index is 441. The van der Waals surface area contributed by atoms with Gasteiger partial charge in [-0.3, -0.25) is 0 Å². The maximum atomic E-state index is 8.97. The highest BCUT2D eigenvalue weighted by Crippen LogP contribution is 2.22. The maximum absolute atomic E-state index is 8.97. The molecule has 86 valence electrons. The fraction of sp³-hybridized carbons (Fsp3) is 0.333. The van der Waals surface area contributed by atoms with E-state index in [-0.39, 0.29) is 6.61 Å². The van der Waals surface area contributed by atoms with E-state index in [1.54, 1.807) is 0 Å². The molecular weight excluding hydrogens is 196 g/mol. The van der Waals surface area contributed by atoms with Gasteiger partial charge in [-0.15, -0.1) is 0 Å². The van der Waals surface area contributed by atoms with Gasteiger partial charge in [0.05, 0.1) is 0 Å². The molecule has 0 radical (unpaired) electrons. The lowest BCUT2D eigenvalue weighted by Crippen LogP contribution is -1.93. The van der Waals surface area contributed by atoms with E-state index < -0.39 is 0 Å². The lowest BCUT2D eigenvalue weighted by molar-refractivity contribution is 0.300. The van der Waals surface area contributed by atoms with Crippen molar-refractivity contribution < 1.29 is 5.11 Å². The van der Waals surface area contributed by atoms with E-state index in [1.807, 2.05) is 19.9 Å². The minimum absolute atomic E-state index is 0.216. The smallest absolute Gasteiger partial charge is 0.0471 e. The van der Waals surface area contributed by atoms with Gasteiger partial charge < -0.3 is 5.11 Å². The lowest BCUT2D eigenvalue weighted by Gasteiger charge is -2.07. The summed E-state index contributed by atoms with van der Waals surface area (Å²) in [5.41, 5.74) is 2.52. The standard InChI is InChI=1S/C13H14O.C2H6/c1-10-4-2-5-11-6-3-7-12(8-9-14)13(10)11;1-2/h2-7,14H,8-9H2,1H3;1-2H3. The number of aliphatic hydroxyl groups excluding tert-OH is 1. The Morgan fingerprint density at radius 3 is 2.25 bits per heavy atom. The van der Waals surface area contributed by atoms with Gasteiger partial charge in [-0.25, -0.2) is 0 Å². The molecular formula is C15H20O. The summed E-state index contributed by atoms with van der Waals surface area (Å²) in [7, 11) is 0. The Kier molecular flexibility index (Phi) is 5.00. The van der Waals surface area contributed by atoms with Crippen molar-refractivity contribution in [2.75, 3.05) is 6.61 Å². The van der Waals surface area contributed by atoms with Gasteiger partial charge in [0.15, 0.2) is 0 Å². The van der Waals surface area contributed by atoms with Gasteiger partial charge in [0.1, 0.15) is 0 Å². The van der Waals surface area contributed by atoms with Gasteiger partial charge in [-0.2, -0.15) is 0 Å². The Balaban J connectivity index is 0.000000606. The summed E-state index contributed by atoms with van der Waals surface area (Å²) in [5.74, 6) is 0. The molecule has 1 heteroatoms. The van der Waals surface area contributed by atoms with Crippen LogP contribution in [0.5, 0.6) is 0 Å². The fourth-order valence-electron chi connectivity index (χ4n) is 1.95. The quantitative estimate of drug-likeness (QED) is 0.811. The zero-order chi connectivity index (χ0) is 12.0. The molecule has 0 heterocycles. The van der Waals surface area contributed by atoms with Gasteiger partial charge >= 0.3 is 0 Å². The molecule has 0 atom stereocenters. The van der Waals surface area contributed by atoms with Crippen molar-refractivity contribution in [3.63, 3.8) is 0 Å². The van der Waals surface area contributed by atoms with Crippen LogP contribution in [0.25, 0.3) is 10.8 Å². The molecule has 0 saturated heterocycles. The van der Waals surface area contributed by atoms with Crippen molar-refractivity contribution in [3.8, 4) is 0 Å². The topological polar surface area (TPSA) is 20.2 Å². The largest absolute Gasteiger partial charge is 0.396 e. The summed E-state index contributed by atoms with van der Waals surface area (Å²) in [5, 5.41) is 11.5. The van der Waals surface area contributed by atoms with Crippen LogP contribution in [-0.4, -0.2) is 11.7 Å². The second kappa shape index (κ2) is 6.29. The van der Waals surface area contributed by atoms with Crippen LogP contribution in [0.2, 0.25) is 0 Å². The normalized spacial score (nSPS) is 9.75. The van der Waals surface area contributed by atoms with Gasteiger partial charge in [0.25, 0.3) is 0 Å². The molecule has 16 heavy (non-hydrogen) atoms. The molecule has 0 aliphatic heterocycles. The van der Waals surface area contributed by atoms with Gasteiger partial charge in [-0.1, -0.05) is 50.2 Å². The van der Waals surface area contributed by atoms with E-state index in [2.05, 4.69) is 37.3 Å². The number of hydrogen-bond acceptors (Lipinski definition) is 1. The third-order valence-electron chi connectivity index (χ3n) is 2.58. The monoisotopic (exact) mass is 216 g/mol. The van der Waals surface area contributed by atoms with Crippen molar-refractivity contribution in [2.45, 2.75) is 27.2 Å². The van der Waals surface area contributed by atoms with Crippen molar-refractivity contribution >= 4 is 10.8 Å². The van der Waals surface area contributed by atoms with E-state index in [0.29, 0.717) is 0 Å². The van der Waals surface area contributed by atoms with Crippen molar-refractivity contribution in [1.29, 1.82) is 0 Å². The third kappa shape index (κ3) is 2.61. The Labute approximate surface area is 97.7 Å². The first-order valence-electron chi connectivity index (χ1n) is 5.91. The number of rotatable bonds is 2. The highest BCUT2D eigenvalue weighted by atomic mass is 16.2. The van der Waals surface area contributed by atoms with Crippen molar-refractivity contribution in [3.05, 3.63) is 47.5 Å². The molecule has 0 aliphatic carbocycles. The van der Waals surface area contributed by atoms with Crippen LogP contribution in [0.4, 0.5) is 0 Å². The fourth-order valence-corrected chi connectivity index (χ4v) is 1.95. The predicted octanol–water partition coefficient (Wildman–Crippen LogP) is 3.71. The summed E-state index contributed by atoms with van der Waals surface area (Å²) in [6.07, 6.45) is 0.738. The van der Waals surface area contributed by atoms with E-state index in [1.165, 1.54) is 21.9 Å². The third-order valence-corrected chi connectivity index (χ3v) is 2.58. The van der Waals surface area contributed by atoms with Crippen LogP contribution in [0, 0.1) is 6.92 Å². The second-order valence-corrected chi connectivity index (χ2v) is 3.56. The molecule has 0 aliphatic rings. The van der Waals surface area contributed by atoms with E-state index in [0.717, 1.165) is 6.42 Å². The van der Waals surface area contributed by atoms with Gasteiger partial charge in [0.2, 0.25) is 0 Å². The first-order valence-corrected chi connectivity index (χ1v) is 5.91. The molecule has 0 amide bonds. The molecule has 1 N–H and O–H groups in total. The maximum Gasteiger partial charge on any atom is 0.0471 e. The Morgan fingerprint density at radius 1 is 1.00 bits per heavy atom. The van der Waals surface area contributed by atoms with Crippen LogP contribution in [0.15, 0.2) is 36.4 Å². The SMILES string of the molecule is CC.Cc1cccc2cccc(CCO)c12. The van der Waals surface area contributed by atoms with Crippen LogP contribution < -0.4 is 0 Å². The highest BCUT2D eigenvalue weighted by Gasteiger charge is 2.01. The lowest BCUT2D eigenvalue weighted by atomic mass is 9.98. The van der Waals surface area contributed by atoms with Crippen molar-refractivity contribution in [1.82, 2.24) is 0 Å².